The van der Waals surface area contributed by atoms with E-state index < -0.39 is 28.5 Å². The highest BCUT2D eigenvalue weighted by atomic mass is 32.2. The van der Waals surface area contributed by atoms with Gasteiger partial charge in [-0.1, -0.05) is 42.0 Å². The van der Waals surface area contributed by atoms with Crippen molar-refractivity contribution >= 4 is 39.3 Å². The van der Waals surface area contributed by atoms with Crippen molar-refractivity contribution in [2.75, 3.05) is 23.7 Å². The summed E-state index contributed by atoms with van der Waals surface area (Å²) in [4.78, 5) is 29.5. The van der Waals surface area contributed by atoms with Crippen molar-refractivity contribution in [1.29, 1.82) is 0 Å². The topological polar surface area (TPSA) is 96.0 Å². The summed E-state index contributed by atoms with van der Waals surface area (Å²) in [5, 5.41) is 2.87. The van der Waals surface area contributed by atoms with Gasteiger partial charge in [-0.15, -0.1) is 11.8 Å². The van der Waals surface area contributed by atoms with E-state index >= 15 is 0 Å². The van der Waals surface area contributed by atoms with Crippen LogP contribution in [0.3, 0.4) is 0 Å². The Labute approximate surface area is 248 Å². The Morgan fingerprint density at radius 1 is 0.976 bits per heavy atom. The summed E-state index contributed by atoms with van der Waals surface area (Å²) in [6, 6.07) is 20.0. The summed E-state index contributed by atoms with van der Waals surface area (Å²) in [5.74, 6) is -0.505. The molecule has 0 saturated carbocycles. The molecule has 0 aliphatic rings. The van der Waals surface area contributed by atoms with E-state index in [4.69, 9.17) is 4.74 Å². The Balaban J connectivity index is 2.09. The number of thioether (sulfide) groups is 1. The zero-order valence-corrected chi connectivity index (χ0v) is 26.1. The van der Waals surface area contributed by atoms with Gasteiger partial charge in [-0.05, 0) is 82.8 Å². The van der Waals surface area contributed by atoms with E-state index in [0.29, 0.717) is 12.4 Å². The fourth-order valence-electron chi connectivity index (χ4n) is 4.32. The van der Waals surface area contributed by atoms with Gasteiger partial charge in [0.2, 0.25) is 11.8 Å². The maximum absolute atomic E-state index is 14.1. The maximum atomic E-state index is 14.1. The average molecular weight is 598 g/mol. The van der Waals surface area contributed by atoms with Gasteiger partial charge in [-0.2, -0.15) is 0 Å². The quantitative estimate of drug-likeness (QED) is 0.270. The predicted molar refractivity (Wildman–Crippen MR) is 165 cm³/mol. The molecule has 0 heterocycles. The van der Waals surface area contributed by atoms with E-state index in [9.17, 15) is 18.0 Å². The number of hydrogen-bond acceptors (Lipinski definition) is 6. The Bertz CT molecular complexity index is 1440. The molecule has 0 unspecified atom stereocenters. The number of rotatable bonds is 13. The van der Waals surface area contributed by atoms with E-state index in [1.165, 1.54) is 28.8 Å². The number of nitrogens with one attached hydrogen (secondary N) is 1. The van der Waals surface area contributed by atoms with Crippen molar-refractivity contribution in [3.8, 4) is 5.75 Å². The zero-order valence-electron chi connectivity index (χ0n) is 24.5. The number of carbonyl (C=O) groups is 2. The van der Waals surface area contributed by atoms with E-state index in [1.807, 2.05) is 51.3 Å². The summed E-state index contributed by atoms with van der Waals surface area (Å²) >= 11 is 1.50. The Hall–Kier alpha value is -3.50. The standard InChI is InChI=1S/C31H39N3O5S2/c1-7-39-29-14-9-8-13-28(29)34(41(37,38)27-17-15-26(40-6)16-18-27)21-30(35)33(24(5)31(36)32-22(2)3)20-25-12-10-11-23(4)19-25/h8-19,22,24H,7,20-21H2,1-6H3,(H,32,36)/t24-/m1/s1. The number of hydrogen-bond donors (Lipinski definition) is 1. The first-order valence-corrected chi connectivity index (χ1v) is 16.2. The number of benzene rings is 3. The van der Waals surface area contributed by atoms with Crippen LogP contribution in [0.1, 0.15) is 38.8 Å². The first-order chi connectivity index (χ1) is 19.5. The molecule has 0 spiro atoms. The third-order valence-corrected chi connectivity index (χ3v) is 8.91. The fourth-order valence-corrected chi connectivity index (χ4v) is 6.16. The molecule has 3 aromatic rings. The van der Waals surface area contributed by atoms with Crippen LogP contribution in [0, 0.1) is 6.92 Å². The van der Waals surface area contributed by atoms with Gasteiger partial charge in [0.25, 0.3) is 10.0 Å². The highest BCUT2D eigenvalue weighted by Gasteiger charge is 2.34. The summed E-state index contributed by atoms with van der Waals surface area (Å²) < 4.78 is 35.1. The minimum atomic E-state index is -4.20. The minimum absolute atomic E-state index is 0.0465. The van der Waals surface area contributed by atoms with Gasteiger partial charge in [0.05, 0.1) is 17.2 Å². The van der Waals surface area contributed by atoms with Gasteiger partial charge in [0.1, 0.15) is 18.3 Å². The van der Waals surface area contributed by atoms with Crippen molar-refractivity contribution in [3.63, 3.8) is 0 Å². The molecule has 8 nitrogen and oxygen atoms in total. The van der Waals surface area contributed by atoms with E-state index in [0.717, 1.165) is 20.3 Å². The molecule has 2 amide bonds. The molecule has 10 heteroatoms. The Kier molecular flexibility index (Phi) is 11.3. The first kappa shape index (κ1) is 32.0. The molecular formula is C31H39N3O5S2. The molecule has 0 radical (unpaired) electrons. The summed E-state index contributed by atoms with van der Waals surface area (Å²) in [5.41, 5.74) is 2.09. The van der Waals surface area contributed by atoms with Crippen molar-refractivity contribution in [2.24, 2.45) is 0 Å². The molecule has 0 aromatic heterocycles. The van der Waals surface area contributed by atoms with Crippen LogP contribution in [-0.2, 0) is 26.2 Å². The van der Waals surface area contributed by atoms with Crippen molar-refractivity contribution in [1.82, 2.24) is 10.2 Å². The lowest BCUT2D eigenvalue weighted by molar-refractivity contribution is -0.139. The normalized spacial score (nSPS) is 12.1. The van der Waals surface area contributed by atoms with Gasteiger partial charge in [-0.25, -0.2) is 8.42 Å². The second kappa shape index (κ2) is 14.4. The van der Waals surface area contributed by atoms with Crippen molar-refractivity contribution in [2.45, 2.75) is 63.0 Å². The second-order valence-corrected chi connectivity index (χ2v) is 12.7. The Morgan fingerprint density at radius 3 is 2.27 bits per heavy atom. The molecule has 220 valence electrons. The highest BCUT2D eigenvalue weighted by molar-refractivity contribution is 7.98. The molecule has 0 fully saturated rings. The van der Waals surface area contributed by atoms with Gasteiger partial charge < -0.3 is 15.0 Å². The first-order valence-electron chi connectivity index (χ1n) is 13.5. The zero-order chi connectivity index (χ0) is 30.2. The number of carbonyl (C=O) groups excluding carboxylic acids is 2. The average Bonchev–Trinajstić information content (AvgIpc) is 2.94. The largest absolute Gasteiger partial charge is 0.492 e. The number of sulfonamides is 1. The van der Waals surface area contributed by atoms with E-state index in [2.05, 4.69) is 5.32 Å². The van der Waals surface area contributed by atoms with Gasteiger partial charge in [0, 0.05) is 17.5 Å². The van der Waals surface area contributed by atoms with Gasteiger partial charge in [0.15, 0.2) is 0 Å². The smallest absolute Gasteiger partial charge is 0.264 e. The molecule has 0 aliphatic carbocycles. The number of aryl methyl sites for hydroxylation is 1. The van der Waals surface area contributed by atoms with Crippen LogP contribution in [0.2, 0.25) is 0 Å². The minimum Gasteiger partial charge on any atom is -0.492 e. The van der Waals surface area contributed by atoms with E-state index in [1.54, 1.807) is 50.2 Å². The number of anilines is 1. The van der Waals surface area contributed by atoms with Crippen LogP contribution >= 0.6 is 11.8 Å². The maximum Gasteiger partial charge on any atom is 0.264 e. The summed E-state index contributed by atoms with van der Waals surface area (Å²) in [6.07, 6.45) is 1.91. The van der Waals surface area contributed by atoms with Crippen LogP contribution in [-0.4, -0.2) is 56.6 Å². The van der Waals surface area contributed by atoms with E-state index in [-0.39, 0.29) is 29.1 Å². The monoisotopic (exact) mass is 597 g/mol. The predicted octanol–water partition coefficient (Wildman–Crippen LogP) is 5.25. The van der Waals surface area contributed by atoms with Crippen LogP contribution in [0.5, 0.6) is 5.75 Å². The second-order valence-electron chi connectivity index (χ2n) is 9.94. The molecule has 0 aliphatic heterocycles. The molecule has 3 aromatic carbocycles. The van der Waals surface area contributed by atoms with Crippen molar-refractivity contribution in [3.05, 3.63) is 83.9 Å². The lowest BCUT2D eigenvalue weighted by Crippen LogP contribution is -2.52. The molecule has 1 atom stereocenters. The fraction of sp³-hybridized carbons (Fsp3) is 0.355. The van der Waals surface area contributed by atoms with Crippen molar-refractivity contribution < 1.29 is 22.7 Å². The molecule has 0 bridgehead atoms. The molecule has 41 heavy (non-hydrogen) atoms. The van der Waals surface area contributed by atoms with Crippen LogP contribution in [0.15, 0.2) is 82.6 Å². The molecule has 0 saturated heterocycles. The SMILES string of the molecule is CCOc1ccccc1N(CC(=O)N(Cc1cccc(C)c1)[C@H](C)C(=O)NC(C)C)S(=O)(=O)c1ccc(SC)cc1. The highest BCUT2D eigenvalue weighted by Crippen LogP contribution is 2.33. The summed E-state index contributed by atoms with van der Waals surface area (Å²) in [6.45, 7) is 9.02. The summed E-state index contributed by atoms with van der Waals surface area (Å²) in [7, 11) is -4.20. The van der Waals surface area contributed by atoms with Gasteiger partial charge >= 0.3 is 0 Å². The van der Waals surface area contributed by atoms with Crippen LogP contribution in [0.25, 0.3) is 0 Å². The number of para-hydroxylation sites is 2. The number of ether oxygens (including phenoxy) is 1. The molecule has 1 N–H and O–H groups in total. The van der Waals surface area contributed by atoms with Crippen LogP contribution in [0.4, 0.5) is 5.69 Å². The van der Waals surface area contributed by atoms with Crippen LogP contribution < -0.4 is 14.4 Å². The Morgan fingerprint density at radius 2 is 1.66 bits per heavy atom. The lowest BCUT2D eigenvalue weighted by Gasteiger charge is -2.32. The third-order valence-electron chi connectivity index (χ3n) is 6.39. The molecule has 3 rings (SSSR count). The third kappa shape index (κ3) is 8.27. The number of nitrogens with zero attached hydrogens (tertiary/aromatic N) is 2. The van der Waals surface area contributed by atoms with Gasteiger partial charge in [-0.3, -0.25) is 13.9 Å². The lowest BCUT2D eigenvalue weighted by atomic mass is 10.1. The number of amides is 2. The molecular weight excluding hydrogens is 558 g/mol.